The second kappa shape index (κ2) is 9.18. The minimum Gasteiger partial charge on any atom is -0.321 e. The van der Waals surface area contributed by atoms with E-state index in [0.717, 1.165) is 36.6 Å². The Morgan fingerprint density at radius 1 is 1.07 bits per heavy atom. The molecular weight excluding hydrogens is 332 g/mol. The van der Waals surface area contributed by atoms with Crippen LogP contribution in [0.1, 0.15) is 60.7 Å². The SMILES string of the molecule is CCc1cccc(CC)c1NC(=O)c1ccc(CN2CCC[C@H](C)C2)cc1. The topological polar surface area (TPSA) is 32.3 Å². The van der Waals surface area contributed by atoms with Crippen molar-refractivity contribution in [2.24, 2.45) is 5.92 Å². The number of carbonyl (C=O) groups is 1. The first-order valence-electron chi connectivity index (χ1n) is 10.3. The Balaban J connectivity index is 1.68. The van der Waals surface area contributed by atoms with Crippen molar-refractivity contribution in [2.75, 3.05) is 18.4 Å². The Morgan fingerprint density at radius 2 is 1.74 bits per heavy atom. The van der Waals surface area contributed by atoms with Crippen molar-refractivity contribution in [3.8, 4) is 0 Å². The van der Waals surface area contributed by atoms with Crippen LogP contribution in [0.25, 0.3) is 0 Å². The van der Waals surface area contributed by atoms with Crippen molar-refractivity contribution in [2.45, 2.75) is 53.0 Å². The number of anilines is 1. The molecule has 1 saturated heterocycles. The molecule has 0 saturated carbocycles. The predicted molar refractivity (Wildman–Crippen MR) is 113 cm³/mol. The van der Waals surface area contributed by atoms with Crippen LogP contribution in [0.2, 0.25) is 0 Å². The summed E-state index contributed by atoms with van der Waals surface area (Å²) in [4.78, 5) is 15.3. The summed E-state index contributed by atoms with van der Waals surface area (Å²) < 4.78 is 0. The summed E-state index contributed by atoms with van der Waals surface area (Å²) in [6, 6.07) is 14.4. The first-order valence-corrected chi connectivity index (χ1v) is 10.3. The van der Waals surface area contributed by atoms with Gasteiger partial charge in [0.2, 0.25) is 0 Å². The molecule has 0 aromatic heterocycles. The van der Waals surface area contributed by atoms with Crippen LogP contribution in [0.5, 0.6) is 0 Å². The van der Waals surface area contributed by atoms with Crippen molar-refractivity contribution in [1.29, 1.82) is 0 Å². The van der Waals surface area contributed by atoms with Crippen LogP contribution in [0, 0.1) is 5.92 Å². The zero-order valence-electron chi connectivity index (χ0n) is 16.9. The van der Waals surface area contributed by atoms with Crippen LogP contribution in [0.3, 0.4) is 0 Å². The van der Waals surface area contributed by atoms with E-state index in [4.69, 9.17) is 0 Å². The highest BCUT2D eigenvalue weighted by Crippen LogP contribution is 2.24. The molecule has 2 aromatic carbocycles. The van der Waals surface area contributed by atoms with Gasteiger partial charge in [-0.2, -0.15) is 0 Å². The molecule has 0 radical (unpaired) electrons. The molecule has 0 unspecified atom stereocenters. The number of para-hydroxylation sites is 1. The number of rotatable bonds is 6. The van der Waals surface area contributed by atoms with Gasteiger partial charge in [0.25, 0.3) is 5.91 Å². The van der Waals surface area contributed by atoms with Gasteiger partial charge in [-0.15, -0.1) is 0 Å². The first kappa shape index (κ1) is 19.6. The zero-order chi connectivity index (χ0) is 19.2. The van der Waals surface area contributed by atoms with E-state index in [9.17, 15) is 4.79 Å². The molecule has 2 aromatic rings. The number of amides is 1. The van der Waals surface area contributed by atoms with Gasteiger partial charge in [0.1, 0.15) is 0 Å². The maximum atomic E-state index is 12.8. The van der Waals surface area contributed by atoms with Crippen LogP contribution < -0.4 is 5.32 Å². The number of hydrogen-bond acceptors (Lipinski definition) is 2. The van der Waals surface area contributed by atoms with Gasteiger partial charge in [0, 0.05) is 24.3 Å². The van der Waals surface area contributed by atoms with Gasteiger partial charge in [0.05, 0.1) is 0 Å². The molecule has 1 aliphatic heterocycles. The molecule has 1 atom stereocenters. The molecule has 144 valence electrons. The lowest BCUT2D eigenvalue weighted by atomic mass is 9.99. The molecule has 0 aliphatic carbocycles. The summed E-state index contributed by atoms with van der Waals surface area (Å²) in [5.74, 6) is 0.763. The normalized spacial score (nSPS) is 17.7. The quantitative estimate of drug-likeness (QED) is 0.755. The molecule has 1 amide bonds. The van der Waals surface area contributed by atoms with Crippen molar-refractivity contribution in [1.82, 2.24) is 4.90 Å². The highest BCUT2D eigenvalue weighted by molar-refractivity contribution is 6.05. The number of aryl methyl sites for hydroxylation is 2. The minimum absolute atomic E-state index is 0.0243. The first-order chi connectivity index (χ1) is 13.1. The van der Waals surface area contributed by atoms with Gasteiger partial charge >= 0.3 is 0 Å². The summed E-state index contributed by atoms with van der Waals surface area (Å²) >= 11 is 0. The molecule has 1 heterocycles. The standard InChI is InChI=1S/C24H32N2O/c1-4-20-9-6-10-21(5-2)23(20)25-24(27)22-13-11-19(12-14-22)17-26-15-7-8-18(3)16-26/h6,9-14,18H,4-5,7-8,15-17H2,1-3H3,(H,25,27)/t18-/m0/s1. The summed E-state index contributed by atoms with van der Waals surface area (Å²) in [7, 11) is 0. The largest absolute Gasteiger partial charge is 0.321 e. The fourth-order valence-electron chi connectivity index (χ4n) is 4.04. The van der Waals surface area contributed by atoms with Gasteiger partial charge in [-0.3, -0.25) is 9.69 Å². The lowest BCUT2D eigenvalue weighted by Crippen LogP contribution is -2.33. The summed E-state index contributed by atoms with van der Waals surface area (Å²) in [6.45, 7) is 9.92. The van der Waals surface area contributed by atoms with E-state index in [1.54, 1.807) is 0 Å². The predicted octanol–water partition coefficient (Wildman–Crippen LogP) is 5.30. The molecular formula is C24H32N2O. The third kappa shape index (κ3) is 4.98. The number of piperidine rings is 1. The van der Waals surface area contributed by atoms with E-state index in [2.05, 4.69) is 61.3 Å². The van der Waals surface area contributed by atoms with Crippen LogP contribution in [-0.2, 0) is 19.4 Å². The van der Waals surface area contributed by atoms with Crippen LogP contribution in [0.15, 0.2) is 42.5 Å². The van der Waals surface area contributed by atoms with Crippen molar-refractivity contribution < 1.29 is 4.79 Å². The van der Waals surface area contributed by atoms with Crippen molar-refractivity contribution in [3.63, 3.8) is 0 Å². The fourth-order valence-corrected chi connectivity index (χ4v) is 4.04. The number of likely N-dealkylation sites (tertiary alicyclic amines) is 1. The summed E-state index contributed by atoms with van der Waals surface area (Å²) in [6.07, 6.45) is 4.46. The lowest BCUT2D eigenvalue weighted by molar-refractivity contribution is 0.102. The van der Waals surface area contributed by atoms with E-state index in [1.807, 2.05) is 12.1 Å². The minimum atomic E-state index is -0.0243. The van der Waals surface area contributed by atoms with E-state index in [1.165, 1.54) is 42.6 Å². The van der Waals surface area contributed by atoms with Gasteiger partial charge < -0.3 is 5.32 Å². The fraction of sp³-hybridized carbons (Fsp3) is 0.458. The Labute approximate surface area is 163 Å². The second-order valence-electron chi connectivity index (χ2n) is 7.79. The van der Waals surface area contributed by atoms with Crippen LogP contribution >= 0.6 is 0 Å². The third-order valence-corrected chi connectivity index (χ3v) is 5.60. The zero-order valence-corrected chi connectivity index (χ0v) is 16.9. The van der Waals surface area contributed by atoms with Gasteiger partial charge in [-0.25, -0.2) is 0 Å². The maximum Gasteiger partial charge on any atom is 0.255 e. The lowest BCUT2D eigenvalue weighted by Gasteiger charge is -2.30. The number of carbonyl (C=O) groups excluding carboxylic acids is 1. The highest BCUT2D eigenvalue weighted by atomic mass is 16.1. The smallest absolute Gasteiger partial charge is 0.255 e. The van der Waals surface area contributed by atoms with Gasteiger partial charge in [-0.05, 0) is 67.0 Å². The molecule has 0 spiro atoms. The third-order valence-electron chi connectivity index (χ3n) is 5.60. The van der Waals surface area contributed by atoms with E-state index in [-0.39, 0.29) is 5.91 Å². The molecule has 3 rings (SSSR count). The molecule has 0 bridgehead atoms. The number of nitrogens with one attached hydrogen (secondary N) is 1. The Bertz CT molecular complexity index is 744. The van der Waals surface area contributed by atoms with Crippen molar-refractivity contribution in [3.05, 3.63) is 64.7 Å². The molecule has 3 heteroatoms. The molecule has 1 fully saturated rings. The molecule has 3 nitrogen and oxygen atoms in total. The highest BCUT2D eigenvalue weighted by Gasteiger charge is 2.16. The maximum absolute atomic E-state index is 12.8. The van der Waals surface area contributed by atoms with E-state index in [0.29, 0.717) is 0 Å². The number of nitrogens with zero attached hydrogens (tertiary/aromatic N) is 1. The average Bonchev–Trinajstić information content (AvgIpc) is 2.68. The Kier molecular flexibility index (Phi) is 6.68. The second-order valence-corrected chi connectivity index (χ2v) is 7.79. The molecule has 27 heavy (non-hydrogen) atoms. The summed E-state index contributed by atoms with van der Waals surface area (Å²) in [5.41, 5.74) is 5.37. The van der Waals surface area contributed by atoms with E-state index >= 15 is 0 Å². The van der Waals surface area contributed by atoms with Crippen molar-refractivity contribution >= 4 is 11.6 Å². The number of benzene rings is 2. The van der Waals surface area contributed by atoms with Crippen LogP contribution in [0.4, 0.5) is 5.69 Å². The Hall–Kier alpha value is -2.13. The Morgan fingerprint density at radius 3 is 2.33 bits per heavy atom. The van der Waals surface area contributed by atoms with Gasteiger partial charge in [-0.1, -0.05) is 51.1 Å². The number of hydrogen-bond donors (Lipinski definition) is 1. The van der Waals surface area contributed by atoms with E-state index < -0.39 is 0 Å². The molecule has 1 N–H and O–H groups in total. The average molecular weight is 365 g/mol. The summed E-state index contributed by atoms with van der Waals surface area (Å²) in [5, 5.41) is 3.15. The van der Waals surface area contributed by atoms with Gasteiger partial charge in [0.15, 0.2) is 0 Å². The molecule has 1 aliphatic rings. The van der Waals surface area contributed by atoms with Crippen LogP contribution in [-0.4, -0.2) is 23.9 Å². The monoisotopic (exact) mass is 364 g/mol.